The fourth-order valence-corrected chi connectivity index (χ4v) is 3.66. The van der Waals surface area contributed by atoms with Gasteiger partial charge in [-0.25, -0.2) is 4.79 Å². The Hall–Kier alpha value is -2.23. The van der Waals surface area contributed by atoms with Gasteiger partial charge in [-0.15, -0.1) is 0 Å². The summed E-state index contributed by atoms with van der Waals surface area (Å²) in [5.41, 5.74) is 3.94. The van der Waals surface area contributed by atoms with E-state index >= 15 is 0 Å². The van der Waals surface area contributed by atoms with Crippen LogP contribution in [0.5, 0.6) is 11.5 Å². The number of allylic oxidation sites excluding steroid dienone is 3. The van der Waals surface area contributed by atoms with Gasteiger partial charge < -0.3 is 14.6 Å². The highest BCUT2D eigenvalue weighted by Gasteiger charge is 2.31. The molecule has 1 atom stereocenters. The standard InChI is InChI=1S/C25H36O4/c1-6-15-28-24(27)19(3)11-7-9-18(2)10-8-13-25(5)14-12-21-17-22(26)16-20(4)23(21)29-25/h10-11,16-17,26H,6-9,12-15H2,1-5H3/b18-10+,19-11+/t25-/m1/s1. The van der Waals surface area contributed by atoms with Gasteiger partial charge in [0, 0.05) is 5.57 Å². The number of aryl methyl sites for hydroxylation is 2. The zero-order chi connectivity index (χ0) is 21.4. The van der Waals surface area contributed by atoms with Gasteiger partial charge in [0.05, 0.1) is 6.61 Å². The number of phenols is 1. The number of benzene rings is 1. The molecule has 29 heavy (non-hydrogen) atoms. The van der Waals surface area contributed by atoms with Crippen molar-refractivity contribution in [2.75, 3.05) is 6.61 Å². The van der Waals surface area contributed by atoms with E-state index in [2.05, 4.69) is 19.9 Å². The number of ether oxygens (including phenoxy) is 2. The number of carbonyl (C=O) groups is 1. The zero-order valence-corrected chi connectivity index (χ0v) is 18.6. The van der Waals surface area contributed by atoms with E-state index in [4.69, 9.17) is 9.47 Å². The van der Waals surface area contributed by atoms with Crippen LogP contribution in [0, 0.1) is 6.92 Å². The minimum absolute atomic E-state index is 0.176. The Kier molecular flexibility index (Phi) is 8.36. The van der Waals surface area contributed by atoms with Crippen LogP contribution >= 0.6 is 0 Å². The summed E-state index contributed by atoms with van der Waals surface area (Å²) in [6, 6.07) is 3.58. The third kappa shape index (κ3) is 6.95. The van der Waals surface area contributed by atoms with Crippen molar-refractivity contribution < 1.29 is 19.4 Å². The van der Waals surface area contributed by atoms with Crippen LogP contribution in [0.1, 0.15) is 77.3 Å². The Labute approximate surface area is 175 Å². The number of esters is 1. The third-order valence-electron chi connectivity index (χ3n) is 5.52. The Morgan fingerprint density at radius 1 is 1.28 bits per heavy atom. The topological polar surface area (TPSA) is 55.8 Å². The predicted octanol–water partition coefficient (Wildman–Crippen LogP) is 6.19. The molecule has 0 bridgehead atoms. The third-order valence-corrected chi connectivity index (χ3v) is 5.52. The fourth-order valence-electron chi connectivity index (χ4n) is 3.66. The van der Waals surface area contributed by atoms with Crippen molar-refractivity contribution in [3.8, 4) is 11.5 Å². The smallest absolute Gasteiger partial charge is 0.333 e. The number of aromatic hydroxyl groups is 1. The predicted molar refractivity (Wildman–Crippen MR) is 117 cm³/mol. The highest BCUT2D eigenvalue weighted by Crippen LogP contribution is 2.39. The lowest BCUT2D eigenvalue weighted by Crippen LogP contribution is -2.36. The van der Waals surface area contributed by atoms with Crippen molar-refractivity contribution in [2.24, 2.45) is 0 Å². The summed E-state index contributed by atoms with van der Waals surface area (Å²) >= 11 is 0. The fraction of sp³-hybridized carbons (Fsp3) is 0.560. The van der Waals surface area contributed by atoms with E-state index in [0.29, 0.717) is 17.9 Å². The average Bonchev–Trinajstić information content (AvgIpc) is 2.66. The second-order valence-corrected chi connectivity index (χ2v) is 8.45. The summed E-state index contributed by atoms with van der Waals surface area (Å²) in [6.07, 6.45) is 10.7. The van der Waals surface area contributed by atoms with Crippen LogP contribution in [-0.2, 0) is 16.0 Å². The summed E-state index contributed by atoms with van der Waals surface area (Å²) in [4.78, 5) is 11.8. The largest absolute Gasteiger partial charge is 0.508 e. The number of hydrogen-bond donors (Lipinski definition) is 1. The minimum Gasteiger partial charge on any atom is -0.508 e. The molecule has 0 amide bonds. The molecule has 1 aliphatic rings. The molecule has 4 heteroatoms. The molecule has 1 aromatic carbocycles. The van der Waals surface area contributed by atoms with Crippen molar-refractivity contribution in [1.29, 1.82) is 0 Å². The van der Waals surface area contributed by atoms with Crippen LogP contribution < -0.4 is 4.74 Å². The van der Waals surface area contributed by atoms with Gasteiger partial charge in [0.25, 0.3) is 0 Å². The molecular weight excluding hydrogens is 364 g/mol. The van der Waals surface area contributed by atoms with Crippen LogP contribution in [0.2, 0.25) is 0 Å². The maximum Gasteiger partial charge on any atom is 0.333 e. The Morgan fingerprint density at radius 2 is 2.03 bits per heavy atom. The summed E-state index contributed by atoms with van der Waals surface area (Å²) in [5, 5.41) is 9.78. The molecule has 2 rings (SSSR count). The highest BCUT2D eigenvalue weighted by atomic mass is 16.5. The molecule has 160 valence electrons. The van der Waals surface area contributed by atoms with Crippen molar-refractivity contribution in [3.63, 3.8) is 0 Å². The highest BCUT2D eigenvalue weighted by molar-refractivity contribution is 5.87. The molecule has 0 aromatic heterocycles. The number of rotatable bonds is 9. The molecule has 1 N–H and O–H groups in total. The van der Waals surface area contributed by atoms with E-state index in [1.54, 1.807) is 6.07 Å². The van der Waals surface area contributed by atoms with Crippen LogP contribution in [0.3, 0.4) is 0 Å². The van der Waals surface area contributed by atoms with Crippen molar-refractivity contribution in [2.45, 2.75) is 85.2 Å². The van der Waals surface area contributed by atoms with Gasteiger partial charge in [-0.1, -0.05) is 24.6 Å². The molecule has 0 saturated carbocycles. The van der Waals surface area contributed by atoms with E-state index in [9.17, 15) is 9.90 Å². The lowest BCUT2D eigenvalue weighted by molar-refractivity contribution is -0.139. The van der Waals surface area contributed by atoms with E-state index in [-0.39, 0.29) is 11.6 Å². The molecule has 0 radical (unpaired) electrons. The molecule has 1 aliphatic heterocycles. The Balaban J connectivity index is 1.82. The van der Waals surface area contributed by atoms with E-state index < -0.39 is 0 Å². The molecule has 1 aromatic rings. The normalized spacial score (nSPS) is 19.5. The molecular formula is C25H36O4. The number of hydrogen-bond acceptors (Lipinski definition) is 4. The summed E-state index contributed by atoms with van der Waals surface area (Å²) in [7, 11) is 0. The summed E-state index contributed by atoms with van der Waals surface area (Å²) in [5.74, 6) is 1.04. The van der Waals surface area contributed by atoms with Crippen molar-refractivity contribution in [1.82, 2.24) is 0 Å². The molecule has 1 heterocycles. The summed E-state index contributed by atoms with van der Waals surface area (Å²) < 4.78 is 11.5. The number of fused-ring (bicyclic) bond motifs is 1. The van der Waals surface area contributed by atoms with Gasteiger partial charge in [-0.05, 0) is 95.9 Å². The quantitative estimate of drug-likeness (QED) is 0.305. The van der Waals surface area contributed by atoms with E-state index in [1.165, 1.54) is 5.57 Å². The second-order valence-electron chi connectivity index (χ2n) is 8.45. The van der Waals surface area contributed by atoms with Gasteiger partial charge in [-0.2, -0.15) is 0 Å². The van der Waals surface area contributed by atoms with Gasteiger partial charge in [-0.3, -0.25) is 0 Å². The summed E-state index contributed by atoms with van der Waals surface area (Å²) in [6.45, 7) is 10.6. The molecule has 0 saturated heterocycles. The second kappa shape index (κ2) is 10.5. The molecule has 0 spiro atoms. The maximum atomic E-state index is 11.8. The minimum atomic E-state index is -0.209. The lowest BCUT2D eigenvalue weighted by atomic mass is 9.87. The Bertz CT molecular complexity index is 775. The SMILES string of the molecule is CCCOC(=O)/C(C)=C/CC/C(C)=C/CC[C@]1(C)CCc2cc(O)cc(C)c2O1. The number of carbonyl (C=O) groups excluding carboxylic acids is 1. The van der Waals surface area contributed by atoms with Crippen LogP contribution in [0.15, 0.2) is 35.4 Å². The average molecular weight is 401 g/mol. The first-order chi connectivity index (χ1) is 13.7. The van der Waals surface area contributed by atoms with Gasteiger partial charge in [0.15, 0.2) is 0 Å². The van der Waals surface area contributed by atoms with Crippen LogP contribution in [-0.4, -0.2) is 23.3 Å². The molecule has 0 unspecified atom stereocenters. The molecule has 0 aliphatic carbocycles. The monoisotopic (exact) mass is 400 g/mol. The molecule has 4 nitrogen and oxygen atoms in total. The van der Waals surface area contributed by atoms with Gasteiger partial charge in [0.2, 0.25) is 0 Å². The first kappa shape index (κ1) is 23.1. The van der Waals surface area contributed by atoms with Gasteiger partial charge >= 0.3 is 5.97 Å². The first-order valence-corrected chi connectivity index (χ1v) is 10.7. The van der Waals surface area contributed by atoms with E-state index in [0.717, 1.165) is 61.8 Å². The van der Waals surface area contributed by atoms with Crippen molar-refractivity contribution >= 4 is 5.97 Å². The first-order valence-electron chi connectivity index (χ1n) is 10.7. The van der Waals surface area contributed by atoms with Crippen LogP contribution in [0.25, 0.3) is 0 Å². The number of phenolic OH excluding ortho intramolecular Hbond substituents is 1. The maximum absolute atomic E-state index is 11.8. The molecule has 0 fully saturated rings. The lowest BCUT2D eigenvalue weighted by Gasteiger charge is -2.36. The zero-order valence-electron chi connectivity index (χ0n) is 18.6. The van der Waals surface area contributed by atoms with Gasteiger partial charge in [0.1, 0.15) is 17.1 Å². The van der Waals surface area contributed by atoms with E-state index in [1.807, 2.05) is 32.9 Å². The Morgan fingerprint density at radius 3 is 2.76 bits per heavy atom. The van der Waals surface area contributed by atoms with Crippen molar-refractivity contribution in [3.05, 3.63) is 46.6 Å². The van der Waals surface area contributed by atoms with Crippen LogP contribution in [0.4, 0.5) is 0 Å².